The Morgan fingerprint density at radius 2 is 2.25 bits per heavy atom. The molecule has 0 amide bonds. The van der Waals surface area contributed by atoms with Crippen molar-refractivity contribution in [2.45, 2.75) is 45.8 Å². The quantitative estimate of drug-likeness (QED) is 0.610. The van der Waals surface area contributed by atoms with Crippen LogP contribution in [0.4, 0.5) is 0 Å². The Balaban J connectivity index is 2.43. The third-order valence-electron chi connectivity index (χ3n) is 2.04. The van der Waals surface area contributed by atoms with Crippen molar-refractivity contribution in [1.29, 1.82) is 0 Å². The minimum absolute atomic E-state index is 0.116. The Kier molecular flexibility index (Phi) is 4.86. The van der Waals surface area contributed by atoms with E-state index in [-0.39, 0.29) is 11.6 Å². The Morgan fingerprint density at radius 3 is 2.69 bits per heavy atom. The SMILES string of the molecule is Cc1csc(CC(COC(C)(C)C)NN)n1. The number of thiazole rings is 1. The summed E-state index contributed by atoms with van der Waals surface area (Å²) in [7, 11) is 0. The fourth-order valence-electron chi connectivity index (χ4n) is 1.22. The molecule has 1 atom stereocenters. The van der Waals surface area contributed by atoms with Gasteiger partial charge in [0.25, 0.3) is 0 Å². The zero-order valence-corrected chi connectivity index (χ0v) is 11.2. The molecular weight excluding hydrogens is 222 g/mol. The van der Waals surface area contributed by atoms with Crippen LogP contribution in [0.25, 0.3) is 0 Å². The van der Waals surface area contributed by atoms with E-state index in [4.69, 9.17) is 10.6 Å². The lowest BCUT2D eigenvalue weighted by Gasteiger charge is -2.23. The van der Waals surface area contributed by atoms with Gasteiger partial charge in [-0.1, -0.05) is 0 Å². The van der Waals surface area contributed by atoms with Crippen LogP contribution in [-0.4, -0.2) is 23.2 Å². The lowest BCUT2D eigenvalue weighted by Crippen LogP contribution is -2.42. The molecule has 3 N–H and O–H groups in total. The Morgan fingerprint density at radius 1 is 1.56 bits per heavy atom. The lowest BCUT2D eigenvalue weighted by molar-refractivity contribution is -0.0143. The largest absolute Gasteiger partial charge is 0.374 e. The van der Waals surface area contributed by atoms with E-state index in [0.29, 0.717) is 6.61 Å². The Labute approximate surface area is 101 Å². The lowest BCUT2D eigenvalue weighted by atomic mass is 10.2. The van der Waals surface area contributed by atoms with E-state index in [1.165, 1.54) is 0 Å². The van der Waals surface area contributed by atoms with Gasteiger partial charge in [-0.3, -0.25) is 11.3 Å². The number of nitrogens with one attached hydrogen (secondary N) is 1. The van der Waals surface area contributed by atoms with E-state index < -0.39 is 0 Å². The van der Waals surface area contributed by atoms with Gasteiger partial charge in [0.05, 0.1) is 23.3 Å². The first-order valence-corrected chi connectivity index (χ1v) is 6.30. The monoisotopic (exact) mass is 243 g/mol. The third kappa shape index (κ3) is 5.03. The normalized spacial score (nSPS) is 14.1. The second-order valence-electron chi connectivity index (χ2n) is 4.87. The molecule has 1 aromatic rings. The number of ether oxygens (including phenoxy) is 1. The molecule has 0 fully saturated rings. The molecule has 1 heterocycles. The van der Waals surface area contributed by atoms with Crippen molar-refractivity contribution in [2.75, 3.05) is 6.61 Å². The molecular formula is C11H21N3OS. The molecule has 0 aliphatic carbocycles. The molecule has 0 spiro atoms. The van der Waals surface area contributed by atoms with Crippen molar-refractivity contribution < 1.29 is 4.74 Å². The van der Waals surface area contributed by atoms with Crippen molar-refractivity contribution in [2.24, 2.45) is 5.84 Å². The fourth-order valence-corrected chi connectivity index (χ4v) is 2.08. The van der Waals surface area contributed by atoms with Crippen molar-refractivity contribution in [3.05, 3.63) is 16.1 Å². The number of nitrogens with two attached hydrogens (primary N) is 1. The molecule has 0 aliphatic heterocycles. The van der Waals surface area contributed by atoms with Gasteiger partial charge in [0.2, 0.25) is 0 Å². The predicted octanol–water partition coefficient (Wildman–Crippen LogP) is 1.64. The van der Waals surface area contributed by atoms with Crippen molar-refractivity contribution >= 4 is 11.3 Å². The maximum atomic E-state index is 5.70. The van der Waals surface area contributed by atoms with Crippen LogP contribution in [0.2, 0.25) is 0 Å². The molecule has 0 radical (unpaired) electrons. The average molecular weight is 243 g/mol. The van der Waals surface area contributed by atoms with Crippen LogP contribution < -0.4 is 11.3 Å². The summed E-state index contributed by atoms with van der Waals surface area (Å²) in [4.78, 5) is 4.41. The molecule has 0 aliphatic rings. The number of aryl methyl sites for hydroxylation is 1. The van der Waals surface area contributed by atoms with Gasteiger partial charge in [-0.15, -0.1) is 11.3 Å². The van der Waals surface area contributed by atoms with Crippen molar-refractivity contribution in [3.8, 4) is 0 Å². The van der Waals surface area contributed by atoms with E-state index in [2.05, 4.69) is 10.4 Å². The number of hydrogen-bond donors (Lipinski definition) is 2. The zero-order valence-electron chi connectivity index (χ0n) is 10.4. The Hall–Kier alpha value is -0.490. The standard InChI is InChI=1S/C11H21N3OS/c1-8-7-16-10(13-8)5-9(14-12)6-15-11(2,3)4/h7,9,14H,5-6,12H2,1-4H3. The second kappa shape index (κ2) is 5.72. The minimum atomic E-state index is -0.131. The number of nitrogens with zero attached hydrogens (tertiary/aromatic N) is 1. The summed E-state index contributed by atoms with van der Waals surface area (Å²) < 4.78 is 5.70. The van der Waals surface area contributed by atoms with Crippen LogP contribution in [-0.2, 0) is 11.2 Å². The van der Waals surface area contributed by atoms with Crippen LogP contribution in [0.1, 0.15) is 31.5 Å². The van der Waals surface area contributed by atoms with Crippen LogP contribution in [0.5, 0.6) is 0 Å². The van der Waals surface area contributed by atoms with Gasteiger partial charge < -0.3 is 4.74 Å². The molecule has 0 aromatic carbocycles. The molecule has 1 rings (SSSR count). The summed E-state index contributed by atoms with van der Waals surface area (Å²) in [6.07, 6.45) is 0.811. The van der Waals surface area contributed by atoms with Crippen molar-refractivity contribution in [1.82, 2.24) is 10.4 Å². The first-order chi connectivity index (χ1) is 7.40. The van der Waals surface area contributed by atoms with Crippen LogP contribution >= 0.6 is 11.3 Å². The number of hydrogen-bond acceptors (Lipinski definition) is 5. The van der Waals surface area contributed by atoms with E-state index in [9.17, 15) is 0 Å². The summed E-state index contributed by atoms with van der Waals surface area (Å²) in [6.45, 7) is 8.70. The molecule has 4 nitrogen and oxygen atoms in total. The molecule has 5 heteroatoms. The van der Waals surface area contributed by atoms with Gasteiger partial charge in [-0.25, -0.2) is 4.98 Å². The third-order valence-corrected chi connectivity index (χ3v) is 3.03. The number of rotatable bonds is 5. The predicted molar refractivity (Wildman–Crippen MR) is 67.4 cm³/mol. The van der Waals surface area contributed by atoms with E-state index >= 15 is 0 Å². The fraction of sp³-hybridized carbons (Fsp3) is 0.727. The number of hydrazine groups is 1. The topological polar surface area (TPSA) is 60.2 Å². The first-order valence-electron chi connectivity index (χ1n) is 5.42. The highest BCUT2D eigenvalue weighted by Crippen LogP contribution is 2.13. The van der Waals surface area contributed by atoms with Crippen LogP contribution in [0.15, 0.2) is 5.38 Å². The molecule has 0 saturated carbocycles. The summed E-state index contributed by atoms with van der Waals surface area (Å²) >= 11 is 1.66. The minimum Gasteiger partial charge on any atom is -0.374 e. The molecule has 92 valence electrons. The molecule has 0 bridgehead atoms. The highest BCUT2D eigenvalue weighted by atomic mass is 32.1. The maximum Gasteiger partial charge on any atom is 0.0945 e. The zero-order chi connectivity index (χ0) is 12.2. The van der Waals surface area contributed by atoms with E-state index in [0.717, 1.165) is 17.1 Å². The van der Waals surface area contributed by atoms with Crippen LogP contribution in [0, 0.1) is 6.92 Å². The maximum absolute atomic E-state index is 5.70. The van der Waals surface area contributed by atoms with Gasteiger partial charge in [0.15, 0.2) is 0 Å². The van der Waals surface area contributed by atoms with Crippen LogP contribution in [0.3, 0.4) is 0 Å². The first kappa shape index (κ1) is 13.6. The summed E-state index contributed by atoms with van der Waals surface area (Å²) in [5, 5.41) is 3.14. The smallest absolute Gasteiger partial charge is 0.0945 e. The highest BCUT2D eigenvalue weighted by Gasteiger charge is 2.16. The highest BCUT2D eigenvalue weighted by molar-refractivity contribution is 7.09. The molecule has 1 aromatic heterocycles. The van der Waals surface area contributed by atoms with Gasteiger partial charge in [-0.2, -0.15) is 0 Å². The van der Waals surface area contributed by atoms with Crippen molar-refractivity contribution in [3.63, 3.8) is 0 Å². The summed E-state index contributed by atoms with van der Waals surface area (Å²) in [5.41, 5.74) is 3.71. The average Bonchev–Trinajstić information content (AvgIpc) is 2.57. The summed E-state index contributed by atoms with van der Waals surface area (Å²) in [5.74, 6) is 5.50. The van der Waals surface area contributed by atoms with Gasteiger partial charge in [-0.05, 0) is 27.7 Å². The van der Waals surface area contributed by atoms with Gasteiger partial charge in [0, 0.05) is 17.5 Å². The molecule has 0 saturated heterocycles. The van der Waals surface area contributed by atoms with E-state index in [1.54, 1.807) is 11.3 Å². The second-order valence-corrected chi connectivity index (χ2v) is 5.82. The number of aromatic nitrogens is 1. The van der Waals surface area contributed by atoms with E-state index in [1.807, 2.05) is 33.1 Å². The summed E-state index contributed by atoms with van der Waals surface area (Å²) in [6, 6.07) is 0.116. The molecule has 1 unspecified atom stereocenters. The van der Waals surface area contributed by atoms with Gasteiger partial charge >= 0.3 is 0 Å². The Bertz CT molecular complexity index is 319. The van der Waals surface area contributed by atoms with Gasteiger partial charge in [0.1, 0.15) is 0 Å². The molecule has 16 heavy (non-hydrogen) atoms.